The molecule has 1 unspecified atom stereocenters. The van der Waals surface area contributed by atoms with Crippen molar-refractivity contribution in [2.45, 2.75) is 17.9 Å². The number of hydrogen-bond donors (Lipinski definition) is 2. The summed E-state index contributed by atoms with van der Waals surface area (Å²) in [7, 11) is -3.53. The number of nitrogens with one attached hydrogen (secondary N) is 1. The van der Waals surface area contributed by atoms with Gasteiger partial charge in [0.25, 0.3) is 0 Å². The Morgan fingerprint density at radius 3 is 2.73 bits per heavy atom. The SMILES string of the molecule is CC(CO)NS(=O)(=O)c1cccc(Br)c1. The molecule has 1 atom stereocenters. The maximum Gasteiger partial charge on any atom is 0.240 e. The zero-order chi connectivity index (χ0) is 11.5. The summed E-state index contributed by atoms with van der Waals surface area (Å²) in [5.74, 6) is 0. The number of aliphatic hydroxyl groups is 1. The molecule has 84 valence electrons. The molecule has 0 saturated heterocycles. The molecule has 0 aromatic heterocycles. The van der Waals surface area contributed by atoms with Crippen LogP contribution >= 0.6 is 15.9 Å². The van der Waals surface area contributed by atoms with Crippen molar-refractivity contribution < 1.29 is 13.5 Å². The summed E-state index contributed by atoms with van der Waals surface area (Å²) in [6.07, 6.45) is 0. The van der Waals surface area contributed by atoms with E-state index in [0.29, 0.717) is 4.47 Å². The summed E-state index contributed by atoms with van der Waals surface area (Å²) in [5, 5.41) is 8.76. The van der Waals surface area contributed by atoms with Gasteiger partial charge in [-0.25, -0.2) is 13.1 Å². The van der Waals surface area contributed by atoms with Crippen LogP contribution in [0.2, 0.25) is 0 Å². The lowest BCUT2D eigenvalue weighted by Gasteiger charge is -2.11. The van der Waals surface area contributed by atoms with Crippen LogP contribution in [0.15, 0.2) is 33.6 Å². The molecule has 15 heavy (non-hydrogen) atoms. The smallest absolute Gasteiger partial charge is 0.240 e. The van der Waals surface area contributed by atoms with E-state index in [0.717, 1.165) is 0 Å². The van der Waals surface area contributed by atoms with Crippen LogP contribution in [-0.4, -0.2) is 26.2 Å². The standard InChI is InChI=1S/C9H12BrNO3S/c1-7(6-12)11-15(13,14)9-4-2-3-8(10)5-9/h2-5,7,11-12H,6H2,1H3. The lowest BCUT2D eigenvalue weighted by molar-refractivity contribution is 0.265. The van der Waals surface area contributed by atoms with Crippen LogP contribution in [0.25, 0.3) is 0 Å². The highest BCUT2D eigenvalue weighted by Crippen LogP contribution is 2.15. The highest BCUT2D eigenvalue weighted by molar-refractivity contribution is 9.10. The largest absolute Gasteiger partial charge is 0.395 e. The second kappa shape index (κ2) is 5.07. The molecule has 1 aromatic rings. The number of halogens is 1. The third kappa shape index (κ3) is 3.57. The van der Waals surface area contributed by atoms with E-state index >= 15 is 0 Å². The molecule has 2 N–H and O–H groups in total. The van der Waals surface area contributed by atoms with Gasteiger partial charge in [-0.3, -0.25) is 0 Å². The van der Waals surface area contributed by atoms with E-state index in [2.05, 4.69) is 20.7 Å². The molecule has 0 spiro atoms. The zero-order valence-electron chi connectivity index (χ0n) is 8.14. The summed E-state index contributed by atoms with van der Waals surface area (Å²) >= 11 is 3.20. The minimum Gasteiger partial charge on any atom is -0.395 e. The molecule has 0 heterocycles. The molecule has 0 bridgehead atoms. The van der Waals surface area contributed by atoms with Crippen LogP contribution in [0.3, 0.4) is 0 Å². The number of aliphatic hydroxyl groups excluding tert-OH is 1. The van der Waals surface area contributed by atoms with Gasteiger partial charge in [-0.15, -0.1) is 0 Å². The fraction of sp³-hybridized carbons (Fsp3) is 0.333. The van der Waals surface area contributed by atoms with Gasteiger partial charge in [-0.2, -0.15) is 0 Å². The third-order valence-corrected chi connectivity index (χ3v) is 3.82. The Morgan fingerprint density at radius 1 is 1.53 bits per heavy atom. The number of hydrogen-bond acceptors (Lipinski definition) is 3. The molecule has 1 aromatic carbocycles. The van der Waals surface area contributed by atoms with Gasteiger partial charge in [0.05, 0.1) is 11.5 Å². The summed E-state index contributed by atoms with van der Waals surface area (Å²) in [4.78, 5) is 0.178. The van der Waals surface area contributed by atoms with Crippen molar-refractivity contribution >= 4 is 26.0 Å². The van der Waals surface area contributed by atoms with Crippen molar-refractivity contribution in [3.63, 3.8) is 0 Å². The Morgan fingerprint density at radius 2 is 2.20 bits per heavy atom. The van der Waals surface area contributed by atoms with E-state index < -0.39 is 16.1 Å². The molecular weight excluding hydrogens is 282 g/mol. The topological polar surface area (TPSA) is 66.4 Å². The summed E-state index contributed by atoms with van der Waals surface area (Å²) < 4.78 is 26.5. The molecule has 6 heteroatoms. The Hall–Kier alpha value is -0.430. The lowest BCUT2D eigenvalue weighted by atomic mass is 10.4. The van der Waals surface area contributed by atoms with Gasteiger partial charge in [0.2, 0.25) is 10.0 Å². The van der Waals surface area contributed by atoms with Crippen LogP contribution < -0.4 is 4.72 Å². The first-order valence-electron chi connectivity index (χ1n) is 4.34. The molecule has 0 radical (unpaired) electrons. The predicted molar refractivity (Wildman–Crippen MR) is 61.0 cm³/mol. The quantitative estimate of drug-likeness (QED) is 0.874. The molecule has 0 aliphatic carbocycles. The molecule has 0 saturated carbocycles. The van der Waals surface area contributed by atoms with Crippen molar-refractivity contribution in [2.24, 2.45) is 0 Å². The number of benzene rings is 1. The number of sulfonamides is 1. The van der Waals surface area contributed by atoms with E-state index in [1.54, 1.807) is 19.1 Å². The van der Waals surface area contributed by atoms with E-state index in [9.17, 15) is 8.42 Å². The van der Waals surface area contributed by atoms with Crippen LogP contribution in [0.4, 0.5) is 0 Å². The summed E-state index contributed by atoms with van der Waals surface area (Å²) in [6, 6.07) is 5.90. The number of rotatable bonds is 4. The van der Waals surface area contributed by atoms with E-state index in [4.69, 9.17) is 5.11 Å². The summed E-state index contributed by atoms with van der Waals surface area (Å²) in [5.41, 5.74) is 0. The summed E-state index contributed by atoms with van der Waals surface area (Å²) in [6.45, 7) is 1.36. The maximum absolute atomic E-state index is 11.7. The van der Waals surface area contributed by atoms with Crippen LogP contribution in [-0.2, 0) is 10.0 Å². The highest BCUT2D eigenvalue weighted by Gasteiger charge is 2.16. The fourth-order valence-corrected chi connectivity index (χ4v) is 2.84. The van der Waals surface area contributed by atoms with Gasteiger partial charge in [-0.05, 0) is 25.1 Å². The van der Waals surface area contributed by atoms with Crippen LogP contribution in [0, 0.1) is 0 Å². The van der Waals surface area contributed by atoms with Crippen molar-refractivity contribution in [1.82, 2.24) is 4.72 Å². The minimum atomic E-state index is -3.53. The van der Waals surface area contributed by atoms with E-state index in [1.165, 1.54) is 12.1 Å². The van der Waals surface area contributed by atoms with Gasteiger partial charge < -0.3 is 5.11 Å². The first-order valence-corrected chi connectivity index (χ1v) is 6.62. The molecule has 0 amide bonds. The van der Waals surface area contributed by atoms with Gasteiger partial charge in [-0.1, -0.05) is 22.0 Å². The lowest BCUT2D eigenvalue weighted by Crippen LogP contribution is -2.34. The zero-order valence-corrected chi connectivity index (χ0v) is 10.5. The molecule has 0 aliphatic heterocycles. The van der Waals surface area contributed by atoms with Crippen molar-refractivity contribution in [3.8, 4) is 0 Å². The fourth-order valence-electron chi connectivity index (χ4n) is 1.00. The second-order valence-corrected chi connectivity index (χ2v) is 5.79. The van der Waals surface area contributed by atoms with Crippen LogP contribution in [0.5, 0.6) is 0 Å². The first kappa shape index (κ1) is 12.6. The maximum atomic E-state index is 11.7. The Bertz CT molecular complexity index is 433. The predicted octanol–water partition coefficient (Wildman–Crippen LogP) is 1.11. The van der Waals surface area contributed by atoms with Gasteiger partial charge in [0.1, 0.15) is 0 Å². The van der Waals surface area contributed by atoms with Gasteiger partial charge in [0.15, 0.2) is 0 Å². The minimum absolute atomic E-state index is 0.178. The van der Waals surface area contributed by atoms with E-state index in [-0.39, 0.29) is 11.5 Å². The third-order valence-electron chi connectivity index (χ3n) is 1.74. The molecule has 0 fully saturated rings. The van der Waals surface area contributed by atoms with Gasteiger partial charge >= 0.3 is 0 Å². The monoisotopic (exact) mass is 293 g/mol. The Balaban J connectivity index is 2.96. The Labute approximate surface area is 97.5 Å². The van der Waals surface area contributed by atoms with Crippen LogP contribution in [0.1, 0.15) is 6.92 Å². The molecule has 0 aliphatic rings. The van der Waals surface area contributed by atoms with Gasteiger partial charge in [0, 0.05) is 10.5 Å². The average molecular weight is 294 g/mol. The normalized spacial score (nSPS) is 13.8. The molecule has 4 nitrogen and oxygen atoms in total. The van der Waals surface area contributed by atoms with Crippen molar-refractivity contribution in [1.29, 1.82) is 0 Å². The second-order valence-electron chi connectivity index (χ2n) is 3.16. The Kier molecular flexibility index (Phi) is 4.27. The highest BCUT2D eigenvalue weighted by atomic mass is 79.9. The van der Waals surface area contributed by atoms with Crippen molar-refractivity contribution in [2.75, 3.05) is 6.61 Å². The van der Waals surface area contributed by atoms with E-state index in [1.807, 2.05) is 0 Å². The van der Waals surface area contributed by atoms with Crippen molar-refractivity contribution in [3.05, 3.63) is 28.7 Å². The molecule has 1 rings (SSSR count). The molecular formula is C9H12BrNO3S. The average Bonchev–Trinajstić information content (AvgIpc) is 2.17. The first-order chi connectivity index (χ1) is 6.95.